The normalized spacial score (nSPS) is 18.0. The summed E-state index contributed by atoms with van der Waals surface area (Å²) in [4.78, 5) is 2.11. The van der Waals surface area contributed by atoms with Crippen molar-refractivity contribution in [2.75, 3.05) is 27.3 Å². The highest BCUT2D eigenvalue weighted by atomic mass is 32.2. The molecule has 0 saturated carbocycles. The van der Waals surface area contributed by atoms with Crippen molar-refractivity contribution in [1.29, 1.82) is 0 Å². The number of nitrogens with zero attached hydrogens (tertiary/aromatic N) is 1. The van der Waals surface area contributed by atoms with Crippen molar-refractivity contribution in [2.24, 2.45) is 0 Å². The van der Waals surface area contributed by atoms with Crippen molar-refractivity contribution in [2.45, 2.75) is 30.3 Å². The van der Waals surface area contributed by atoms with Gasteiger partial charge in [-0.3, -0.25) is 4.90 Å². The van der Waals surface area contributed by atoms with Crippen LogP contribution in [0.1, 0.15) is 18.4 Å². The summed E-state index contributed by atoms with van der Waals surface area (Å²) < 4.78 is 52.9. The number of hydrogen-bond donors (Lipinski definition) is 1. The highest BCUT2D eigenvalue weighted by molar-refractivity contribution is 7.89. The van der Waals surface area contributed by atoms with Crippen LogP contribution in [0.3, 0.4) is 0 Å². The number of likely N-dealkylation sites (tertiary alicyclic amines) is 1. The van der Waals surface area contributed by atoms with Gasteiger partial charge in [0.15, 0.2) is 0 Å². The third-order valence-electron chi connectivity index (χ3n) is 4.84. The van der Waals surface area contributed by atoms with Crippen LogP contribution in [-0.4, -0.2) is 46.7 Å². The average molecular weight is 408 g/mol. The largest absolute Gasteiger partial charge is 0.497 e. The number of nitrogens with one attached hydrogen (secondary N) is 1. The maximum absolute atomic E-state index is 13.9. The lowest BCUT2D eigenvalue weighted by Gasteiger charge is -2.33. The summed E-state index contributed by atoms with van der Waals surface area (Å²) in [6.07, 6.45) is 1.55. The molecular formula is C20H25FN2O4S. The molecule has 0 unspecified atom stereocenters. The molecule has 0 aromatic heterocycles. The van der Waals surface area contributed by atoms with Gasteiger partial charge in [-0.2, -0.15) is 0 Å². The number of benzene rings is 2. The summed E-state index contributed by atoms with van der Waals surface area (Å²) >= 11 is 0. The fourth-order valence-corrected chi connectivity index (χ4v) is 4.89. The molecule has 152 valence electrons. The standard InChI is InChI=1S/C20H25FN2O4S/c1-26-17-9-10-19(27-2)20(12-17)28(24,25)22-16-7-5-11-23(14-16)13-15-6-3-4-8-18(15)21/h3-4,6,8-10,12,16,22H,5,7,11,13-14H2,1-2H3/t16-/m1/s1. The minimum Gasteiger partial charge on any atom is -0.497 e. The van der Waals surface area contributed by atoms with Gasteiger partial charge in [0.25, 0.3) is 0 Å². The molecule has 1 aliphatic heterocycles. The number of hydrogen-bond acceptors (Lipinski definition) is 5. The Labute approximate surface area is 165 Å². The van der Waals surface area contributed by atoms with Crippen molar-refractivity contribution >= 4 is 10.0 Å². The zero-order valence-corrected chi connectivity index (χ0v) is 16.8. The van der Waals surface area contributed by atoms with Gasteiger partial charge >= 0.3 is 0 Å². The van der Waals surface area contributed by atoms with E-state index in [9.17, 15) is 12.8 Å². The van der Waals surface area contributed by atoms with Crippen molar-refractivity contribution in [3.63, 3.8) is 0 Å². The molecule has 1 aliphatic rings. The third-order valence-corrected chi connectivity index (χ3v) is 6.38. The van der Waals surface area contributed by atoms with E-state index in [1.54, 1.807) is 30.3 Å². The van der Waals surface area contributed by atoms with Gasteiger partial charge in [0.05, 0.1) is 14.2 Å². The molecule has 0 spiro atoms. The van der Waals surface area contributed by atoms with Gasteiger partial charge in [-0.25, -0.2) is 17.5 Å². The number of halogens is 1. The van der Waals surface area contributed by atoms with Crippen molar-refractivity contribution in [1.82, 2.24) is 9.62 Å². The third kappa shape index (κ3) is 4.81. The quantitative estimate of drug-likeness (QED) is 0.763. The summed E-state index contributed by atoms with van der Waals surface area (Å²) in [5, 5.41) is 0. The first kappa shape index (κ1) is 20.6. The molecule has 8 heteroatoms. The molecule has 1 N–H and O–H groups in total. The molecule has 2 aromatic carbocycles. The predicted octanol–water partition coefficient (Wildman–Crippen LogP) is 2.79. The Kier molecular flexibility index (Phi) is 6.53. The predicted molar refractivity (Wildman–Crippen MR) is 105 cm³/mol. The number of ether oxygens (including phenoxy) is 2. The lowest BCUT2D eigenvalue weighted by atomic mass is 10.1. The van der Waals surface area contributed by atoms with Gasteiger partial charge in [-0.1, -0.05) is 18.2 Å². The van der Waals surface area contributed by atoms with Gasteiger partial charge in [-0.15, -0.1) is 0 Å². The molecule has 28 heavy (non-hydrogen) atoms. The van der Waals surface area contributed by atoms with E-state index in [1.807, 2.05) is 0 Å². The maximum Gasteiger partial charge on any atom is 0.244 e. The Morgan fingerprint density at radius 1 is 1.18 bits per heavy atom. The first-order chi connectivity index (χ1) is 13.4. The van der Waals surface area contributed by atoms with E-state index < -0.39 is 10.0 Å². The fraction of sp³-hybridized carbons (Fsp3) is 0.400. The molecule has 0 aliphatic carbocycles. The minimum absolute atomic E-state index is 0.0422. The van der Waals surface area contributed by atoms with E-state index in [4.69, 9.17) is 9.47 Å². The lowest BCUT2D eigenvalue weighted by Crippen LogP contribution is -2.47. The SMILES string of the molecule is COc1ccc(OC)c(S(=O)(=O)N[C@@H]2CCCN(Cc3ccccc3F)C2)c1. The van der Waals surface area contributed by atoms with E-state index in [0.717, 1.165) is 19.4 Å². The summed E-state index contributed by atoms with van der Waals surface area (Å²) in [6, 6.07) is 11.1. The summed E-state index contributed by atoms with van der Waals surface area (Å²) in [5.74, 6) is 0.449. The van der Waals surface area contributed by atoms with Crippen LogP contribution in [0.5, 0.6) is 11.5 Å². The monoisotopic (exact) mass is 408 g/mol. The maximum atomic E-state index is 13.9. The molecular weight excluding hydrogens is 383 g/mol. The van der Waals surface area contributed by atoms with Gasteiger partial charge in [0, 0.05) is 30.8 Å². The average Bonchev–Trinajstić information content (AvgIpc) is 2.69. The van der Waals surface area contributed by atoms with E-state index in [2.05, 4.69) is 9.62 Å². The topological polar surface area (TPSA) is 67.9 Å². The minimum atomic E-state index is -3.80. The van der Waals surface area contributed by atoms with E-state index >= 15 is 0 Å². The zero-order chi connectivity index (χ0) is 20.1. The Bertz CT molecular complexity index is 920. The highest BCUT2D eigenvalue weighted by Gasteiger charge is 2.28. The highest BCUT2D eigenvalue weighted by Crippen LogP contribution is 2.28. The molecule has 1 heterocycles. The van der Waals surface area contributed by atoms with Crippen LogP contribution < -0.4 is 14.2 Å². The van der Waals surface area contributed by atoms with E-state index in [1.165, 1.54) is 26.4 Å². The second kappa shape index (κ2) is 8.89. The molecule has 6 nitrogen and oxygen atoms in total. The summed E-state index contributed by atoms with van der Waals surface area (Å²) in [5.41, 5.74) is 0.612. The van der Waals surface area contributed by atoms with Crippen LogP contribution >= 0.6 is 0 Å². The Morgan fingerprint density at radius 2 is 1.96 bits per heavy atom. The molecule has 1 fully saturated rings. The first-order valence-electron chi connectivity index (χ1n) is 9.13. The van der Waals surface area contributed by atoms with Crippen LogP contribution in [0.25, 0.3) is 0 Å². The summed E-state index contributed by atoms with van der Waals surface area (Å²) in [7, 11) is -0.888. The second-order valence-corrected chi connectivity index (χ2v) is 8.49. The number of methoxy groups -OCH3 is 2. The molecule has 1 saturated heterocycles. The van der Waals surface area contributed by atoms with E-state index in [-0.39, 0.29) is 22.5 Å². The van der Waals surface area contributed by atoms with E-state index in [0.29, 0.717) is 24.4 Å². The van der Waals surface area contributed by atoms with Crippen LogP contribution in [0.2, 0.25) is 0 Å². The van der Waals surface area contributed by atoms with Crippen molar-refractivity contribution < 1.29 is 22.3 Å². The Balaban J connectivity index is 1.73. The number of rotatable bonds is 7. The molecule has 0 bridgehead atoms. The van der Waals surface area contributed by atoms with Gasteiger partial charge in [-0.05, 0) is 37.6 Å². The summed E-state index contributed by atoms with van der Waals surface area (Å²) in [6.45, 7) is 1.77. The molecule has 2 aromatic rings. The smallest absolute Gasteiger partial charge is 0.244 e. The van der Waals surface area contributed by atoms with Crippen LogP contribution in [0.4, 0.5) is 4.39 Å². The number of sulfonamides is 1. The van der Waals surface area contributed by atoms with Gasteiger partial charge < -0.3 is 9.47 Å². The van der Waals surface area contributed by atoms with Crippen LogP contribution in [-0.2, 0) is 16.6 Å². The van der Waals surface area contributed by atoms with Gasteiger partial charge in [0.1, 0.15) is 22.2 Å². The molecule has 3 rings (SSSR count). The van der Waals surface area contributed by atoms with Crippen molar-refractivity contribution in [3.05, 3.63) is 53.8 Å². The Hall–Kier alpha value is -2.16. The Morgan fingerprint density at radius 3 is 2.68 bits per heavy atom. The second-order valence-electron chi connectivity index (χ2n) is 6.80. The molecule has 0 amide bonds. The lowest BCUT2D eigenvalue weighted by molar-refractivity contribution is 0.192. The first-order valence-corrected chi connectivity index (χ1v) is 10.6. The fourth-order valence-electron chi connectivity index (χ4n) is 3.44. The molecule has 1 atom stereocenters. The number of piperidine rings is 1. The van der Waals surface area contributed by atoms with Crippen LogP contribution in [0.15, 0.2) is 47.4 Å². The zero-order valence-electron chi connectivity index (χ0n) is 16.0. The van der Waals surface area contributed by atoms with Crippen LogP contribution in [0, 0.1) is 5.82 Å². The van der Waals surface area contributed by atoms with Crippen molar-refractivity contribution in [3.8, 4) is 11.5 Å². The molecule has 0 radical (unpaired) electrons. The van der Waals surface area contributed by atoms with Gasteiger partial charge in [0.2, 0.25) is 10.0 Å².